The first kappa shape index (κ1) is 14.6. The molecule has 104 valence electrons. The monoisotopic (exact) mass is 345 g/mol. The van der Waals surface area contributed by atoms with Gasteiger partial charge in [0.1, 0.15) is 0 Å². The molecule has 0 saturated carbocycles. The molecule has 0 aliphatic heterocycles. The molecule has 0 amide bonds. The van der Waals surface area contributed by atoms with Crippen LogP contribution < -0.4 is 5.32 Å². The zero-order chi connectivity index (χ0) is 13.7. The summed E-state index contributed by atoms with van der Waals surface area (Å²) in [7, 11) is 1.69. The summed E-state index contributed by atoms with van der Waals surface area (Å²) in [5.74, 6) is 1.26. The second-order valence-corrected chi connectivity index (χ2v) is 5.88. The van der Waals surface area contributed by atoms with Crippen molar-refractivity contribution >= 4 is 27.3 Å². The first-order valence-corrected chi connectivity index (χ1v) is 7.69. The summed E-state index contributed by atoms with van der Waals surface area (Å²) in [4.78, 5) is 5.41. The van der Waals surface area contributed by atoms with E-state index in [1.54, 1.807) is 18.4 Å². The SMILES string of the molecule is CCNC(COC)Cc1nc(-c2cc(Br)cs2)no1. The molecular weight excluding hydrogens is 330 g/mol. The Morgan fingerprint density at radius 1 is 1.58 bits per heavy atom. The summed E-state index contributed by atoms with van der Waals surface area (Å²) >= 11 is 5.00. The van der Waals surface area contributed by atoms with Crippen LogP contribution in [0, 0.1) is 0 Å². The highest BCUT2D eigenvalue weighted by atomic mass is 79.9. The summed E-state index contributed by atoms with van der Waals surface area (Å²) in [6, 6.07) is 2.18. The number of aromatic nitrogens is 2. The van der Waals surface area contributed by atoms with Crippen molar-refractivity contribution in [2.75, 3.05) is 20.3 Å². The molecule has 0 radical (unpaired) electrons. The van der Waals surface area contributed by atoms with Crippen molar-refractivity contribution in [3.05, 3.63) is 21.8 Å². The number of thiophene rings is 1. The third-order valence-corrected chi connectivity index (χ3v) is 4.22. The second kappa shape index (κ2) is 7.14. The van der Waals surface area contributed by atoms with Gasteiger partial charge < -0.3 is 14.6 Å². The highest BCUT2D eigenvalue weighted by Crippen LogP contribution is 2.27. The molecular formula is C12H16BrN3O2S. The zero-order valence-corrected chi connectivity index (χ0v) is 13.3. The number of methoxy groups -OCH3 is 1. The smallest absolute Gasteiger partial charge is 0.228 e. The van der Waals surface area contributed by atoms with Gasteiger partial charge >= 0.3 is 0 Å². The average molecular weight is 346 g/mol. The predicted molar refractivity (Wildman–Crippen MR) is 78.4 cm³/mol. The molecule has 19 heavy (non-hydrogen) atoms. The largest absolute Gasteiger partial charge is 0.383 e. The van der Waals surface area contributed by atoms with E-state index >= 15 is 0 Å². The number of rotatable bonds is 7. The maximum absolute atomic E-state index is 5.29. The quantitative estimate of drug-likeness (QED) is 0.835. The Kier molecular flexibility index (Phi) is 5.50. The first-order chi connectivity index (χ1) is 9.22. The van der Waals surface area contributed by atoms with Crippen molar-refractivity contribution in [2.24, 2.45) is 0 Å². The minimum atomic E-state index is 0.193. The van der Waals surface area contributed by atoms with Crippen molar-refractivity contribution in [3.8, 4) is 10.7 Å². The van der Waals surface area contributed by atoms with E-state index in [9.17, 15) is 0 Å². The third-order valence-electron chi connectivity index (χ3n) is 2.54. The molecule has 0 bridgehead atoms. The van der Waals surface area contributed by atoms with Gasteiger partial charge in [0.25, 0.3) is 0 Å². The van der Waals surface area contributed by atoms with Crippen LogP contribution in [-0.4, -0.2) is 36.4 Å². The van der Waals surface area contributed by atoms with Gasteiger partial charge in [-0.05, 0) is 28.5 Å². The lowest BCUT2D eigenvalue weighted by molar-refractivity contribution is 0.162. The molecule has 2 aromatic rings. The lowest BCUT2D eigenvalue weighted by Gasteiger charge is -2.14. The Morgan fingerprint density at radius 2 is 2.42 bits per heavy atom. The van der Waals surface area contributed by atoms with E-state index < -0.39 is 0 Å². The van der Waals surface area contributed by atoms with E-state index in [2.05, 4.69) is 38.3 Å². The summed E-state index contributed by atoms with van der Waals surface area (Å²) < 4.78 is 11.5. The van der Waals surface area contributed by atoms with E-state index in [-0.39, 0.29) is 6.04 Å². The molecule has 0 aliphatic rings. The molecule has 2 aromatic heterocycles. The van der Waals surface area contributed by atoms with Gasteiger partial charge in [-0.1, -0.05) is 12.1 Å². The van der Waals surface area contributed by atoms with Crippen molar-refractivity contribution < 1.29 is 9.26 Å². The van der Waals surface area contributed by atoms with E-state index in [1.165, 1.54) is 0 Å². The Labute approximate surface area is 124 Å². The molecule has 7 heteroatoms. The van der Waals surface area contributed by atoms with Crippen LogP contribution >= 0.6 is 27.3 Å². The Balaban J connectivity index is 2.03. The van der Waals surface area contributed by atoms with Gasteiger partial charge in [0.15, 0.2) is 0 Å². The van der Waals surface area contributed by atoms with Gasteiger partial charge in [0.2, 0.25) is 11.7 Å². The van der Waals surface area contributed by atoms with Crippen LogP contribution in [0.1, 0.15) is 12.8 Å². The van der Waals surface area contributed by atoms with Gasteiger partial charge in [-0.3, -0.25) is 0 Å². The first-order valence-electron chi connectivity index (χ1n) is 6.02. The number of halogens is 1. The molecule has 0 saturated heterocycles. The Morgan fingerprint density at radius 3 is 3.05 bits per heavy atom. The maximum atomic E-state index is 5.29. The Bertz CT molecular complexity index is 509. The molecule has 0 aromatic carbocycles. The van der Waals surface area contributed by atoms with Gasteiger partial charge in [-0.15, -0.1) is 11.3 Å². The van der Waals surface area contributed by atoms with Crippen molar-refractivity contribution in [1.82, 2.24) is 15.5 Å². The fourth-order valence-electron chi connectivity index (χ4n) is 1.76. The predicted octanol–water partition coefficient (Wildman–Crippen LogP) is 2.73. The van der Waals surface area contributed by atoms with Gasteiger partial charge in [-0.2, -0.15) is 4.98 Å². The van der Waals surface area contributed by atoms with Crippen molar-refractivity contribution in [1.29, 1.82) is 0 Å². The number of nitrogens with one attached hydrogen (secondary N) is 1. The third kappa shape index (κ3) is 4.10. The van der Waals surface area contributed by atoms with Crippen molar-refractivity contribution in [3.63, 3.8) is 0 Å². The normalized spacial score (nSPS) is 12.8. The number of hydrogen-bond donors (Lipinski definition) is 1. The van der Waals surface area contributed by atoms with Crippen LogP contribution in [0.2, 0.25) is 0 Å². The highest BCUT2D eigenvalue weighted by molar-refractivity contribution is 9.10. The summed E-state index contributed by atoms with van der Waals surface area (Å²) in [6.07, 6.45) is 0.668. The molecule has 0 spiro atoms. The zero-order valence-electron chi connectivity index (χ0n) is 10.9. The van der Waals surface area contributed by atoms with Crippen LogP contribution in [0.25, 0.3) is 10.7 Å². The highest BCUT2D eigenvalue weighted by Gasteiger charge is 2.15. The van der Waals surface area contributed by atoms with Gasteiger partial charge in [0, 0.05) is 29.4 Å². The second-order valence-electron chi connectivity index (χ2n) is 4.05. The fraction of sp³-hybridized carbons (Fsp3) is 0.500. The standard InChI is InChI=1S/C12H16BrN3O2S/c1-3-14-9(6-17-2)5-11-15-12(16-18-11)10-4-8(13)7-19-10/h4,7,9,14H,3,5-6H2,1-2H3. The fourth-order valence-corrected chi connectivity index (χ4v) is 3.11. The van der Waals surface area contributed by atoms with E-state index in [0.717, 1.165) is 15.9 Å². The summed E-state index contributed by atoms with van der Waals surface area (Å²) in [6.45, 7) is 3.56. The van der Waals surface area contributed by atoms with Gasteiger partial charge in [-0.25, -0.2) is 0 Å². The minimum Gasteiger partial charge on any atom is -0.383 e. The lowest BCUT2D eigenvalue weighted by atomic mass is 10.2. The van der Waals surface area contributed by atoms with E-state index in [4.69, 9.17) is 9.26 Å². The lowest BCUT2D eigenvalue weighted by Crippen LogP contribution is -2.35. The number of hydrogen-bond acceptors (Lipinski definition) is 6. The molecule has 2 heterocycles. The van der Waals surface area contributed by atoms with Crippen LogP contribution in [0.3, 0.4) is 0 Å². The summed E-state index contributed by atoms with van der Waals surface area (Å²) in [5.41, 5.74) is 0. The molecule has 1 unspecified atom stereocenters. The number of ether oxygens (including phenoxy) is 1. The van der Waals surface area contributed by atoms with Crippen LogP contribution in [-0.2, 0) is 11.2 Å². The topological polar surface area (TPSA) is 60.2 Å². The molecule has 2 rings (SSSR count). The van der Waals surface area contributed by atoms with Crippen LogP contribution in [0.15, 0.2) is 20.4 Å². The molecule has 5 nitrogen and oxygen atoms in total. The molecule has 1 N–H and O–H groups in total. The van der Waals surface area contributed by atoms with Gasteiger partial charge in [0.05, 0.1) is 11.5 Å². The van der Waals surface area contributed by atoms with Crippen LogP contribution in [0.4, 0.5) is 0 Å². The number of nitrogens with zero attached hydrogens (tertiary/aromatic N) is 2. The number of likely N-dealkylation sites (N-methyl/N-ethyl adjacent to an activating group) is 1. The Hall–Kier alpha value is -0.760. The van der Waals surface area contributed by atoms with E-state index in [1.807, 2.05) is 11.4 Å². The average Bonchev–Trinajstić information content (AvgIpc) is 2.99. The van der Waals surface area contributed by atoms with Crippen molar-refractivity contribution in [2.45, 2.75) is 19.4 Å². The van der Waals surface area contributed by atoms with E-state index in [0.29, 0.717) is 24.7 Å². The molecule has 0 aliphatic carbocycles. The van der Waals surface area contributed by atoms with Crippen LogP contribution in [0.5, 0.6) is 0 Å². The summed E-state index contributed by atoms with van der Waals surface area (Å²) in [5, 5.41) is 9.33. The minimum absolute atomic E-state index is 0.193. The maximum Gasteiger partial charge on any atom is 0.228 e. The molecule has 1 atom stereocenters. The molecule has 0 fully saturated rings.